The molecule has 0 fully saturated rings. The Hall–Kier alpha value is -2.08. The SMILES string of the molecule is COC(=O)Nc1ccccc1OCc1cnc(C)s1. The average Bonchev–Trinajstić information content (AvgIpc) is 2.83. The lowest BCUT2D eigenvalue weighted by atomic mass is 10.3. The molecule has 100 valence electrons. The number of hydrogen-bond acceptors (Lipinski definition) is 5. The van der Waals surface area contributed by atoms with Crippen LogP contribution >= 0.6 is 11.3 Å². The summed E-state index contributed by atoms with van der Waals surface area (Å²) in [4.78, 5) is 16.4. The number of anilines is 1. The molecule has 0 aliphatic rings. The summed E-state index contributed by atoms with van der Waals surface area (Å²) in [6, 6.07) is 7.20. The van der Waals surface area contributed by atoms with Crippen LogP contribution < -0.4 is 10.1 Å². The number of carbonyl (C=O) groups is 1. The fraction of sp³-hybridized carbons (Fsp3) is 0.231. The Morgan fingerprint density at radius 3 is 2.89 bits per heavy atom. The lowest BCUT2D eigenvalue weighted by Gasteiger charge is -2.10. The number of thiazole rings is 1. The van der Waals surface area contributed by atoms with Crippen molar-refractivity contribution in [3.63, 3.8) is 0 Å². The maximum Gasteiger partial charge on any atom is 0.411 e. The van der Waals surface area contributed by atoms with Gasteiger partial charge in [0, 0.05) is 6.20 Å². The Balaban J connectivity index is 2.05. The van der Waals surface area contributed by atoms with Crippen LogP contribution in [0.15, 0.2) is 30.5 Å². The van der Waals surface area contributed by atoms with Gasteiger partial charge >= 0.3 is 6.09 Å². The number of benzene rings is 1. The fourth-order valence-electron chi connectivity index (χ4n) is 1.48. The van der Waals surface area contributed by atoms with Gasteiger partial charge in [0.2, 0.25) is 0 Å². The molecule has 19 heavy (non-hydrogen) atoms. The van der Waals surface area contributed by atoms with Gasteiger partial charge < -0.3 is 9.47 Å². The maximum absolute atomic E-state index is 11.2. The number of hydrogen-bond donors (Lipinski definition) is 1. The normalized spacial score (nSPS) is 10.0. The van der Waals surface area contributed by atoms with Gasteiger partial charge in [0.1, 0.15) is 12.4 Å². The molecule has 2 rings (SSSR count). The largest absolute Gasteiger partial charge is 0.486 e. The molecule has 1 amide bonds. The monoisotopic (exact) mass is 278 g/mol. The van der Waals surface area contributed by atoms with Crippen LogP contribution in [0.1, 0.15) is 9.88 Å². The number of para-hydroxylation sites is 2. The fourth-order valence-corrected chi connectivity index (χ4v) is 2.19. The third-order valence-electron chi connectivity index (χ3n) is 2.35. The maximum atomic E-state index is 11.2. The summed E-state index contributed by atoms with van der Waals surface area (Å²) >= 11 is 1.58. The number of amides is 1. The Morgan fingerprint density at radius 2 is 2.21 bits per heavy atom. The van der Waals surface area contributed by atoms with Crippen LogP contribution in [0.2, 0.25) is 0 Å². The van der Waals surface area contributed by atoms with E-state index in [0.29, 0.717) is 18.0 Å². The number of rotatable bonds is 4. The number of ether oxygens (including phenoxy) is 2. The second kappa shape index (κ2) is 6.19. The van der Waals surface area contributed by atoms with Gasteiger partial charge in [-0.2, -0.15) is 0 Å². The van der Waals surface area contributed by atoms with Crippen molar-refractivity contribution in [2.24, 2.45) is 0 Å². The highest BCUT2D eigenvalue weighted by Crippen LogP contribution is 2.25. The van der Waals surface area contributed by atoms with Crippen molar-refractivity contribution in [1.29, 1.82) is 0 Å². The molecule has 1 aromatic carbocycles. The smallest absolute Gasteiger partial charge is 0.411 e. The first-order chi connectivity index (χ1) is 9.19. The van der Waals surface area contributed by atoms with Crippen molar-refractivity contribution in [2.75, 3.05) is 12.4 Å². The molecule has 2 aromatic rings. The van der Waals surface area contributed by atoms with E-state index >= 15 is 0 Å². The van der Waals surface area contributed by atoms with Crippen molar-refractivity contribution < 1.29 is 14.3 Å². The van der Waals surface area contributed by atoms with Crippen molar-refractivity contribution in [3.05, 3.63) is 40.3 Å². The van der Waals surface area contributed by atoms with Gasteiger partial charge in [-0.1, -0.05) is 12.1 Å². The molecule has 0 saturated carbocycles. The molecular weight excluding hydrogens is 264 g/mol. The molecule has 0 atom stereocenters. The Kier molecular flexibility index (Phi) is 4.35. The number of nitrogens with one attached hydrogen (secondary N) is 1. The molecule has 0 bridgehead atoms. The van der Waals surface area contributed by atoms with E-state index in [1.54, 1.807) is 29.7 Å². The number of aromatic nitrogens is 1. The third-order valence-corrected chi connectivity index (χ3v) is 3.23. The Morgan fingerprint density at radius 1 is 1.42 bits per heavy atom. The standard InChI is InChI=1S/C13H14N2O3S/c1-9-14-7-10(19-9)8-18-12-6-4-3-5-11(12)15-13(16)17-2/h3-7H,8H2,1-2H3,(H,15,16). The van der Waals surface area contributed by atoms with E-state index in [-0.39, 0.29) is 0 Å². The molecule has 0 aliphatic heterocycles. The minimum Gasteiger partial charge on any atom is -0.486 e. The predicted molar refractivity (Wildman–Crippen MR) is 73.7 cm³/mol. The van der Waals surface area contributed by atoms with Gasteiger partial charge in [0.25, 0.3) is 0 Å². The van der Waals surface area contributed by atoms with Crippen LogP contribution in [0, 0.1) is 6.92 Å². The average molecular weight is 278 g/mol. The van der Waals surface area contributed by atoms with Gasteiger partial charge in [-0.3, -0.25) is 5.32 Å². The quantitative estimate of drug-likeness (QED) is 0.933. The molecule has 0 saturated heterocycles. The molecule has 0 aliphatic carbocycles. The summed E-state index contributed by atoms with van der Waals surface area (Å²) in [5, 5.41) is 3.60. The molecule has 1 heterocycles. The van der Waals surface area contributed by atoms with Gasteiger partial charge in [0.05, 0.1) is 22.7 Å². The zero-order valence-corrected chi connectivity index (χ0v) is 11.5. The van der Waals surface area contributed by atoms with E-state index in [0.717, 1.165) is 9.88 Å². The van der Waals surface area contributed by atoms with Crippen LogP contribution in [-0.2, 0) is 11.3 Å². The molecule has 0 spiro atoms. The first-order valence-electron chi connectivity index (χ1n) is 5.67. The highest BCUT2D eigenvalue weighted by molar-refractivity contribution is 7.11. The van der Waals surface area contributed by atoms with E-state index in [1.165, 1.54) is 7.11 Å². The minimum absolute atomic E-state index is 0.422. The molecular formula is C13H14N2O3S. The second-order valence-corrected chi connectivity index (χ2v) is 5.07. The zero-order valence-electron chi connectivity index (χ0n) is 10.7. The van der Waals surface area contributed by atoms with Gasteiger partial charge in [-0.05, 0) is 19.1 Å². The van der Waals surface area contributed by atoms with Crippen LogP contribution in [-0.4, -0.2) is 18.2 Å². The van der Waals surface area contributed by atoms with Crippen LogP contribution in [0.4, 0.5) is 10.5 Å². The summed E-state index contributed by atoms with van der Waals surface area (Å²) in [5.74, 6) is 0.596. The predicted octanol–water partition coefficient (Wildman–Crippen LogP) is 3.21. The summed E-state index contributed by atoms with van der Waals surface area (Å²) in [5.41, 5.74) is 0.579. The number of methoxy groups -OCH3 is 1. The molecule has 1 aromatic heterocycles. The summed E-state index contributed by atoms with van der Waals surface area (Å²) < 4.78 is 10.2. The lowest BCUT2D eigenvalue weighted by molar-refractivity contribution is 0.186. The number of nitrogens with zero attached hydrogens (tertiary/aromatic N) is 1. The summed E-state index contributed by atoms with van der Waals surface area (Å²) in [6.07, 6.45) is 1.26. The van der Waals surface area contributed by atoms with E-state index < -0.39 is 6.09 Å². The lowest BCUT2D eigenvalue weighted by Crippen LogP contribution is -2.12. The summed E-state index contributed by atoms with van der Waals surface area (Å²) in [6.45, 7) is 2.37. The van der Waals surface area contributed by atoms with Crippen molar-refractivity contribution >= 4 is 23.1 Å². The summed E-state index contributed by atoms with van der Waals surface area (Å²) in [7, 11) is 1.32. The highest BCUT2D eigenvalue weighted by Gasteiger charge is 2.08. The minimum atomic E-state index is -0.523. The number of carbonyl (C=O) groups excluding carboxylic acids is 1. The first kappa shape index (κ1) is 13.4. The molecule has 0 radical (unpaired) electrons. The van der Waals surface area contributed by atoms with Crippen molar-refractivity contribution in [3.8, 4) is 5.75 Å². The van der Waals surface area contributed by atoms with Crippen molar-refractivity contribution in [1.82, 2.24) is 4.98 Å². The topological polar surface area (TPSA) is 60.5 Å². The highest BCUT2D eigenvalue weighted by atomic mass is 32.1. The van der Waals surface area contributed by atoms with Crippen LogP contribution in [0.3, 0.4) is 0 Å². The Bertz CT molecular complexity index is 569. The van der Waals surface area contributed by atoms with E-state index in [1.807, 2.05) is 19.1 Å². The van der Waals surface area contributed by atoms with Gasteiger partial charge in [-0.25, -0.2) is 9.78 Å². The molecule has 6 heteroatoms. The third kappa shape index (κ3) is 3.69. The van der Waals surface area contributed by atoms with E-state index in [2.05, 4.69) is 15.0 Å². The second-order valence-electron chi connectivity index (χ2n) is 3.75. The number of aryl methyl sites for hydroxylation is 1. The van der Waals surface area contributed by atoms with Crippen LogP contribution in [0.25, 0.3) is 0 Å². The van der Waals surface area contributed by atoms with Gasteiger partial charge in [-0.15, -0.1) is 11.3 Å². The molecule has 0 unspecified atom stereocenters. The molecule has 1 N–H and O–H groups in total. The van der Waals surface area contributed by atoms with E-state index in [4.69, 9.17) is 4.74 Å². The van der Waals surface area contributed by atoms with E-state index in [9.17, 15) is 4.79 Å². The van der Waals surface area contributed by atoms with Crippen LogP contribution in [0.5, 0.6) is 5.75 Å². The zero-order chi connectivity index (χ0) is 13.7. The first-order valence-corrected chi connectivity index (χ1v) is 6.49. The Labute approximate surface area is 115 Å². The van der Waals surface area contributed by atoms with Crippen molar-refractivity contribution in [2.45, 2.75) is 13.5 Å². The molecule has 5 nitrogen and oxygen atoms in total. The van der Waals surface area contributed by atoms with Gasteiger partial charge in [0.15, 0.2) is 0 Å².